The summed E-state index contributed by atoms with van der Waals surface area (Å²) in [6.07, 6.45) is 3.53. The zero-order valence-corrected chi connectivity index (χ0v) is 11.4. The summed E-state index contributed by atoms with van der Waals surface area (Å²) in [6, 6.07) is 7.03. The first-order valence-corrected chi connectivity index (χ1v) is 7.56. The molecule has 0 aliphatic rings. The van der Waals surface area contributed by atoms with E-state index in [9.17, 15) is 12.8 Å². The molecule has 7 heteroatoms. The molecule has 0 radical (unpaired) electrons. The molecule has 1 heterocycles. The fraction of sp³-hybridized carbons (Fsp3) is 0.154. The molecule has 0 saturated carbocycles. The summed E-state index contributed by atoms with van der Waals surface area (Å²) in [5.74, 6) is -0.668. The third-order valence-electron chi connectivity index (χ3n) is 2.69. The van der Waals surface area contributed by atoms with Crippen LogP contribution in [0.4, 0.5) is 15.8 Å². The normalized spacial score (nSPS) is 11.2. The molecule has 1 aromatic heterocycles. The fourth-order valence-electron chi connectivity index (χ4n) is 1.64. The van der Waals surface area contributed by atoms with Crippen LogP contribution >= 0.6 is 0 Å². The largest absolute Gasteiger partial charge is 0.397 e. The van der Waals surface area contributed by atoms with Gasteiger partial charge in [0.2, 0.25) is 10.0 Å². The molecule has 0 unspecified atom stereocenters. The highest BCUT2D eigenvalue weighted by Gasteiger charge is 2.13. The van der Waals surface area contributed by atoms with Crippen molar-refractivity contribution >= 4 is 21.4 Å². The molecular formula is C13H14FN3O2S. The molecule has 2 aromatic rings. The molecule has 0 bridgehead atoms. The number of benzene rings is 1. The number of halogens is 1. The molecule has 0 fully saturated rings. The van der Waals surface area contributed by atoms with Gasteiger partial charge in [-0.15, -0.1) is 0 Å². The van der Waals surface area contributed by atoms with Crippen molar-refractivity contribution in [1.29, 1.82) is 0 Å². The summed E-state index contributed by atoms with van der Waals surface area (Å²) in [5, 5.41) is 0. The number of nitrogens with one attached hydrogen (secondary N) is 1. The molecule has 0 aliphatic heterocycles. The van der Waals surface area contributed by atoms with Crippen molar-refractivity contribution in [2.75, 3.05) is 16.2 Å². The van der Waals surface area contributed by atoms with Crippen molar-refractivity contribution in [2.24, 2.45) is 0 Å². The van der Waals surface area contributed by atoms with Crippen LogP contribution in [0.5, 0.6) is 0 Å². The number of aromatic nitrogens is 1. The summed E-state index contributed by atoms with van der Waals surface area (Å²) in [5.41, 5.74) is 6.70. The van der Waals surface area contributed by atoms with Crippen molar-refractivity contribution in [3.63, 3.8) is 0 Å². The van der Waals surface area contributed by atoms with Gasteiger partial charge in [0, 0.05) is 18.5 Å². The molecule has 20 heavy (non-hydrogen) atoms. The highest BCUT2D eigenvalue weighted by atomic mass is 32.2. The van der Waals surface area contributed by atoms with Gasteiger partial charge < -0.3 is 5.73 Å². The Labute approximate surface area is 116 Å². The predicted octanol–water partition coefficient (Wildman–Crippen LogP) is 1.79. The third-order valence-corrected chi connectivity index (χ3v) is 3.96. The van der Waals surface area contributed by atoms with E-state index in [1.807, 2.05) is 0 Å². The van der Waals surface area contributed by atoms with Crippen molar-refractivity contribution < 1.29 is 12.8 Å². The summed E-state index contributed by atoms with van der Waals surface area (Å²) < 4.78 is 39.2. The maximum Gasteiger partial charge on any atom is 0.233 e. The lowest BCUT2D eigenvalue weighted by molar-refractivity contribution is 0.600. The van der Waals surface area contributed by atoms with Crippen LogP contribution in [0.25, 0.3) is 0 Å². The first kappa shape index (κ1) is 14.3. The van der Waals surface area contributed by atoms with E-state index in [-0.39, 0.29) is 17.1 Å². The van der Waals surface area contributed by atoms with Crippen molar-refractivity contribution in [3.05, 3.63) is 54.1 Å². The summed E-state index contributed by atoms with van der Waals surface area (Å²) >= 11 is 0. The Bertz CT molecular complexity index is 690. The molecule has 0 saturated heterocycles. The van der Waals surface area contributed by atoms with E-state index < -0.39 is 15.8 Å². The van der Waals surface area contributed by atoms with Gasteiger partial charge in [0.05, 0.1) is 17.1 Å². The predicted molar refractivity (Wildman–Crippen MR) is 76.2 cm³/mol. The van der Waals surface area contributed by atoms with E-state index in [1.54, 1.807) is 24.5 Å². The minimum absolute atomic E-state index is 0.0553. The van der Waals surface area contributed by atoms with E-state index in [0.29, 0.717) is 6.42 Å². The van der Waals surface area contributed by atoms with Crippen LogP contribution in [0.1, 0.15) is 5.56 Å². The number of hydrogen-bond acceptors (Lipinski definition) is 4. The number of pyridine rings is 1. The molecule has 0 aliphatic carbocycles. The fourth-order valence-corrected chi connectivity index (χ4v) is 2.76. The second-order valence-corrected chi connectivity index (χ2v) is 6.10. The van der Waals surface area contributed by atoms with Gasteiger partial charge in [0.15, 0.2) is 0 Å². The van der Waals surface area contributed by atoms with Crippen LogP contribution in [0.15, 0.2) is 42.7 Å². The molecule has 0 amide bonds. The van der Waals surface area contributed by atoms with Gasteiger partial charge in [0.25, 0.3) is 0 Å². The third kappa shape index (κ3) is 3.92. The van der Waals surface area contributed by atoms with Gasteiger partial charge in [-0.05, 0) is 36.2 Å². The zero-order chi connectivity index (χ0) is 14.6. The summed E-state index contributed by atoms with van der Waals surface area (Å²) in [4.78, 5) is 3.86. The smallest absolute Gasteiger partial charge is 0.233 e. The minimum Gasteiger partial charge on any atom is -0.397 e. The SMILES string of the molecule is Nc1ccc(F)cc1NS(=O)(=O)CCc1ccncc1. The number of nitrogens with two attached hydrogens (primary N) is 1. The first-order valence-electron chi connectivity index (χ1n) is 5.91. The van der Waals surface area contributed by atoms with Gasteiger partial charge in [-0.2, -0.15) is 0 Å². The lowest BCUT2D eigenvalue weighted by Crippen LogP contribution is -2.19. The van der Waals surface area contributed by atoms with Gasteiger partial charge in [0.1, 0.15) is 5.82 Å². The van der Waals surface area contributed by atoms with Gasteiger partial charge in [-0.25, -0.2) is 12.8 Å². The maximum absolute atomic E-state index is 13.1. The standard InChI is InChI=1S/C13H14FN3O2S/c14-11-1-2-12(15)13(9-11)17-20(18,19)8-5-10-3-6-16-7-4-10/h1-4,6-7,9,17H,5,8,15H2. The van der Waals surface area contributed by atoms with E-state index >= 15 is 0 Å². The number of sulfonamides is 1. The quantitative estimate of drug-likeness (QED) is 0.823. The highest BCUT2D eigenvalue weighted by molar-refractivity contribution is 7.92. The minimum atomic E-state index is -3.59. The van der Waals surface area contributed by atoms with Crippen LogP contribution in [-0.4, -0.2) is 19.2 Å². The van der Waals surface area contributed by atoms with Crippen molar-refractivity contribution in [3.8, 4) is 0 Å². The second kappa shape index (κ2) is 5.87. The molecule has 2 rings (SSSR count). The van der Waals surface area contributed by atoms with Gasteiger partial charge in [-0.1, -0.05) is 0 Å². The average Bonchev–Trinajstić information content (AvgIpc) is 2.42. The van der Waals surface area contributed by atoms with Gasteiger partial charge in [-0.3, -0.25) is 9.71 Å². The molecule has 1 aromatic carbocycles. The van der Waals surface area contributed by atoms with Crippen LogP contribution in [0, 0.1) is 5.82 Å². The number of aryl methyl sites for hydroxylation is 1. The van der Waals surface area contributed by atoms with E-state index in [0.717, 1.165) is 11.6 Å². The lowest BCUT2D eigenvalue weighted by Gasteiger charge is -2.10. The van der Waals surface area contributed by atoms with Crippen LogP contribution in [0.3, 0.4) is 0 Å². The Kier molecular flexibility index (Phi) is 4.19. The van der Waals surface area contributed by atoms with Crippen LogP contribution in [0.2, 0.25) is 0 Å². The first-order chi connectivity index (χ1) is 9.46. The Hall–Kier alpha value is -2.15. The van der Waals surface area contributed by atoms with Crippen molar-refractivity contribution in [2.45, 2.75) is 6.42 Å². The van der Waals surface area contributed by atoms with Gasteiger partial charge >= 0.3 is 0 Å². The van der Waals surface area contributed by atoms with E-state index in [4.69, 9.17) is 5.73 Å². The van der Waals surface area contributed by atoms with Crippen LogP contribution in [-0.2, 0) is 16.4 Å². The number of nitrogen functional groups attached to an aromatic ring is 1. The highest BCUT2D eigenvalue weighted by Crippen LogP contribution is 2.20. The Morgan fingerprint density at radius 1 is 1.20 bits per heavy atom. The monoisotopic (exact) mass is 295 g/mol. The number of nitrogens with zero attached hydrogens (tertiary/aromatic N) is 1. The molecule has 106 valence electrons. The number of rotatable bonds is 5. The van der Waals surface area contributed by atoms with E-state index in [2.05, 4.69) is 9.71 Å². The molecule has 0 atom stereocenters. The average molecular weight is 295 g/mol. The van der Waals surface area contributed by atoms with Crippen LogP contribution < -0.4 is 10.5 Å². The Morgan fingerprint density at radius 3 is 2.60 bits per heavy atom. The Morgan fingerprint density at radius 2 is 1.90 bits per heavy atom. The summed E-state index contributed by atoms with van der Waals surface area (Å²) in [7, 11) is -3.59. The lowest BCUT2D eigenvalue weighted by atomic mass is 10.2. The topological polar surface area (TPSA) is 85.1 Å². The summed E-state index contributed by atoms with van der Waals surface area (Å²) in [6.45, 7) is 0. The second-order valence-electron chi connectivity index (χ2n) is 4.26. The molecule has 0 spiro atoms. The molecule has 5 nitrogen and oxygen atoms in total. The maximum atomic E-state index is 13.1. The Balaban J connectivity index is 2.06. The van der Waals surface area contributed by atoms with E-state index in [1.165, 1.54) is 12.1 Å². The molecular weight excluding hydrogens is 281 g/mol. The number of anilines is 2. The van der Waals surface area contributed by atoms with Crippen molar-refractivity contribution in [1.82, 2.24) is 4.98 Å². The number of hydrogen-bond donors (Lipinski definition) is 2. The zero-order valence-electron chi connectivity index (χ0n) is 10.6. The molecule has 3 N–H and O–H groups in total.